The molecule has 0 atom stereocenters. The highest BCUT2D eigenvalue weighted by Crippen LogP contribution is 2.19. The average Bonchev–Trinajstić information content (AvgIpc) is 2.48. The molecule has 2 heterocycles. The number of ether oxygens (including phenoxy) is 1. The van der Waals surface area contributed by atoms with E-state index in [4.69, 9.17) is 4.74 Å². The minimum absolute atomic E-state index is 0.112. The molecule has 4 nitrogen and oxygen atoms in total. The molecule has 1 aliphatic rings. The number of aliphatic imine (C=N–C) groups is 1. The maximum atomic E-state index is 5.44. The fourth-order valence-corrected chi connectivity index (χ4v) is 1.15. The van der Waals surface area contributed by atoms with Crippen LogP contribution >= 0.6 is 0 Å². The first-order chi connectivity index (χ1) is 6.17. The zero-order valence-electron chi connectivity index (χ0n) is 7.69. The molecule has 1 aromatic rings. The topological polar surface area (TPSA) is 47.4 Å². The van der Waals surface area contributed by atoms with Gasteiger partial charge in [0.1, 0.15) is 6.61 Å². The van der Waals surface area contributed by atoms with Gasteiger partial charge < -0.3 is 4.74 Å². The Kier molecular flexibility index (Phi) is 1.76. The Morgan fingerprint density at radius 2 is 2.23 bits per heavy atom. The third-order valence-electron chi connectivity index (χ3n) is 1.80. The van der Waals surface area contributed by atoms with Gasteiger partial charge in [-0.25, -0.2) is 4.99 Å². The number of nitrogens with zero attached hydrogens (tertiary/aromatic N) is 3. The molecule has 0 radical (unpaired) electrons. The summed E-state index contributed by atoms with van der Waals surface area (Å²) in [5.41, 5.74) is 0.777. The Morgan fingerprint density at radius 3 is 2.77 bits per heavy atom. The van der Waals surface area contributed by atoms with E-state index in [0.29, 0.717) is 12.5 Å². The molecule has 0 fully saturated rings. The van der Waals surface area contributed by atoms with Crippen molar-refractivity contribution >= 4 is 5.90 Å². The van der Waals surface area contributed by atoms with Crippen molar-refractivity contribution < 1.29 is 4.74 Å². The molecule has 1 aliphatic heterocycles. The van der Waals surface area contributed by atoms with Gasteiger partial charge >= 0.3 is 0 Å². The summed E-state index contributed by atoms with van der Waals surface area (Å²) in [4.78, 5) is 4.42. The largest absolute Gasteiger partial charge is 0.475 e. The van der Waals surface area contributed by atoms with Gasteiger partial charge in [0.15, 0.2) is 0 Å². The Balaban J connectivity index is 2.30. The second-order valence-corrected chi connectivity index (χ2v) is 3.65. The first-order valence-corrected chi connectivity index (χ1v) is 4.17. The van der Waals surface area contributed by atoms with E-state index in [2.05, 4.69) is 15.2 Å². The quantitative estimate of drug-likeness (QED) is 0.643. The van der Waals surface area contributed by atoms with Crippen molar-refractivity contribution in [3.63, 3.8) is 0 Å². The molecule has 0 N–H and O–H groups in total. The van der Waals surface area contributed by atoms with Crippen molar-refractivity contribution in [2.24, 2.45) is 4.99 Å². The van der Waals surface area contributed by atoms with Gasteiger partial charge in [-0.2, -0.15) is 10.2 Å². The summed E-state index contributed by atoms with van der Waals surface area (Å²) in [5, 5.41) is 7.46. The lowest BCUT2D eigenvalue weighted by atomic mass is 10.1. The standard InChI is InChI=1S/C9H11N3O/c1-9(2)6-13-8(12-9)7-3-4-10-11-5-7/h3-5H,6H2,1-2H3. The van der Waals surface area contributed by atoms with Gasteiger partial charge in [-0.15, -0.1) is 0 Å². The lowest BCUT2D eigenvalue weighted by molar-refractivity contribution is 0.279. The Hall–Kier alpha value is -1.45. The maximum Gasteiger partial charge on any atom is 0.218 e. The molecule has 0 aromatic carbocycles. The highest BCUT2D eigenvalue weighted by Gasteiger charge is 2.26. The molecule has 0 spiro atoms. The van der Waals surface area contributed by atoms with Crippen molar-refractivity contribution in [1.82, 2.24) is 10.2 Å². The van der Waals surface area contributed by atoms with Gasteiger partial charge in [0.05, 0.1) is 23.5 Å². The van der Waals surface area contributed by atoms with Crippen LogP contribution in [0.1, 0.15) is 19.4 Å². The van der Waals surface area contributed by atoms with Crippen molar-refractivity contribution in [1.29, 1.82) is 0 Å². The molecule has 4 heteroatoms. The van der Waals surface area contributed by atoms with E-state index in [-0.39, 0.29) is 5.54 Å². The summed E-state index contributed by atoms with van der Waals surface area (Å²) in [7, 11) is 0. The van der Waals surface area contributed by atoms with E-state index >= 15 is 0 Å². The fourth-order valence-electron chi connectivity index (χ4n) is 1.15. The lowest BCUT2D eigenvalue weighted by Crippen LogP contribution is -2.17. The zero-order chi connectivity index (χ0) is 9.31. The van der Waals surface area contributed by atoms with Gasteiger partial charge in [-0.05, 0) is 19.9 Å². The molecule has 0 unspecified atom stereocenters. The minimum Gasteiger partial charge on any atom is -0.475 e. The number of rotatable bonds is 1. The van der Waals surface area contributed by atoms with Crippen LogP contribution in [0, 0.1) is 0 Å². The van der Waals surface area contributed by atoms with E-state index in [9.17, 15) is 0 Å². The van der Waals surface area contributed by atoms with Crippen molar-refractivity contribution in [2.75, 3.05) is 6.61 Å². The normalized spacial score (nSPS) is 19.4. The lowest BCUT2D eigenvalue weighted by Gasteiger charge is -2.07. The Bertz CT molecular complexity index is 332. The second-order valence-electron chi connectivity index (χ2n) is 3.65. The van der Waals surface area contributed by atoms with Crippen molar-refractivity contribution in [2.45, 2.75) is 19.4 Å². The van der Waals surface area contributed by atoms with Crippen LogP contribution in [0.25, 0.3) is 0 Å². The Morgan fingerprint density at radius 1 is 1.38 bits per heavy atom. The van der Waals surface area contributed by atoms with Crippen LogP contribution in [0.15, 0.2) is 23.5 Å². The minimum atomic E-state index is -0.112. The first kappa shape index (κ1) is 8.16. The second kappa shape index (κ2) is 2.80. The van der Waals surface area contributed by atoms with E-state index in [1.165, 1.54) is 0 Å². The monoisotopic (exact) mass is 177 g/mol. The summed E-state index contributed by atoms with van der Waals surface area (Å²) < 4.78 is 5.44. The number of hydrogen-bond donors (Lipinski definition) is 0. The van der Waals surface area contributed by atoms with Crippen LogP contribution in [0.2, 0.25) is 0 Å². The smallest absolute Gasteiger partial charge is 0.218 e. The van der Waals surface area contributed by atoms with Crippen LogP contribution < -0.4 is 0 Å². The highest BCUT2D eigenvalue weighted by molar-refractivity contribution is 5.94. The highest BCUT2D eigenvalue weighted by atomic mass is 16.5. The molecule has 0 saturated carbocycles. The van der Waals surface area contributed by atoms with E-state index < -0.39 is 0 Å². The van der Waals surface area contributed by atoms with E-state index in [1.807, 2.05) is 19.9 Å². The molecule has 13 heavy (non-hydrogen) atoms. The van der Waals surface area contributed by atoms with Gasteiger partial charge in [0.2, 0.25) is 5.90 Å². The molecule has 68 valence electrons. The van der Waals surface area contributed by atoms with Crippen LogP contribution in [0.4, 0.5) is 0 Å². The summed E-state index contributed by atoms with van der Waals surface area (Å²) in [6.07, 6.45) is 3.28. The molecule has 2 rings (SSSR count). The van der Waals surface area contributed by atoms with Crippen LogP contribution in [-0.4, -0.2) is 28.2 Å². The van der Waals surface area contributed by atoms with Gasteiger partial charge in [0, 0.05) is 0 Å². The molecule has 0 aliphatic carbocycles. The molecule has 1 aromatic heterocycles. The van der Waals surface area contributed by atoms with Crippen molar-refractivity contribution in [3.05, 3.63) is 24.0 Å². The summed E-state index contributed by atoms with van der Waals surface area (Å²) in [6, 6.07) is 1.84. The summed E-state index contributed by atoms with van der Waals surface area (Å²) in [6.45, 7) is 4.70. The third-order valence-corrected chi connectivity index (χ3v) is 1.80. The molecule has 0 amide bonds. The SMILES string of the molecule is CC1(C)COC(c2ccnnc2)=N1. The molecular weight excluding hydrogens is 166 g/mol. The van der Waals surface area contributed by atoms with Crippen LogP contribution in [0.5, 0.6) is 0 Å². The fraction of sp³-hybridized carbons (Fsp3) is 0.444. The van der Waals surface area contributed by atoms with Crippen molar-refractivity contribution in [3.8, 4) is 0 Å². The zero-order valence-corrected chi connectivity index (χ0v) is 7.69. The van der Waals surface area contributed by atoms with Gasteiger partial charge in [0.25, 0.3) is 0 Å². The molecular formula is C9H11N3O. The van der Waals surface area contributed by atoms with E-state index in [1.54, 1.807) is 12.4 Å². The van der Waals surface area contributed by atoms with Gasteiger partial charge in [-0.1, -0.05) is 0 Å². The predicted molar refractivity (Wildman–Crippen MR) is 48.6 cm³/mol. The molecule has 0 bridgehead atoms. The predicted octanol–water partition coefficient (Wildman–Crippen LogP) is 1.03. The maximum absolute atomic E-state index is 5.44. The molecule has 0 saturated heterocycles. The Labute approximate surface area is 76.7 Å². The van der Waals surface area contributed by atoms with Crippen LogP contribution in [0.3, 0.4) is 0 Å². The third kappa shape index (κ3) is 1.66. The summed E-state index contributed by atoms with van der Waals surface area (Å²) in [5.74, 6) is 0.667. The van der Waals surface area contributed by atoms with E-state index in [0.717, 1.165) is 5.56 Å². The number of hydrogen-bond acceptors (Lipinski definition) is 4. The average molecular weight is 177 g/mol. The summed E-state index contributed by atoms with van der Waals surface area (Å²) >= 11 is 0. The first-order valence-electron chi connectivity index (χ1n) is 4.17. The number of aromatic nitrogens is 2. The van der Waals surface area contributed by atoms with Gasteiger partial charge in [-0.3, -0.25) is 0 Å². The van der Waals surface area contributed by atoms with Crippen LogP contribution in [-0.2, 0) is 4.74 Å².